The lowest BCUT2D eigenvalue weighted by Crippen LogP contribution is -2.34. The van der Waals surface area contributed by atoms with Crippen LogP contribution in [0.15, 0.2) is 29.8 Å². The zero-order valence-corrected chi connectivity index (χ0v) is 16.8. The molecule has 27 heavy (non-hydrogen) atoms. The maximum Gasteiger partial charge on any atom is 0.411 e. The van der Waals surface area contributed by atoms with Gasteiger partial charge in [0.1, 0.15) is 5.01 Å². The highest BCUT2D eigenvalue weighted by molar-refractivity contribution is 7.19. The average molecular weight is 384 g/mol. The van der Waals surface area contributed by atoms with E-state index in [2.05, 4.69) is 31.9 Å². The first kappa shape index (κ1) is 18.2. The van der Waals surface area contributed by atoms with Crippen LogP contribution < -0.4 is 0 Å². The summed E-state index contributed by atoms with van der Waals surface area (Å²) < 4.78 is 1.15. The van der Waals surface area contributed by atoms with Gasteiger partial charge in [0.2, 0.25) is 0 Å². The van der Waals surface area contributed by atoms with Crippen molar-refractivity contribution >= 4 is 38.9 Å². The van der Waals surface area contributed by atoms with Crippen LogP contribution in [-0.4, -0.2) is 52.7 Å². The van der Waals surface area contributed by atoms with Crippen molar-refractivity contribution in [1.82, 2.24) is 14.8 Å². The summed E-state index contributed by atoms with van der Waals surface area (Å²) in [5, 5.41) is 10.7. The minimum Gasteiger partial charge on any atom is -0.465 e. The fourth-order valence-electron chi connectivity index (χ4n) is 3.96. The summed E-state index contributed by atoms with van der Waals surface area (Å²) in [4.78, 5) is 20.4. The minimum absolute atomic E-state index is 0.346. The summed E-state index contributed by atoms with van der Waals surface area (Å²) in [6.07, 6.45) is 3.09. The van der Waals surface area contributed by atoms with E-state index in [1.807, 2.05) is 18.2 Å². The standard InChI is InChI=1S/C21H25N3O2S/c1-13-4-6-18(24(11-13)21(25)26)15-5-7-19-17(10-15)22-20(27-19)16-8-9-23(3)12-14(16)2/h5-7,10,13H,4,8-9,11-12H2,1-3H3,(H,25,26)/t13-/m0/s1. The zero-order valence-electron chi connectivity index (χ0n) is 16.0. The fraction of sp³-hybridized carbons (Fsp3) is 0.429. The van der Waals surface area contributed by atoms with Gasteiger partial charge >= 0.3 is 6.09 Å². The molecule has 6 heteroatoms. The van der Waals surface area contributed by atoms with E-state index in [1.54, 1.807) is 11.3 Å². The van der Waals surface area contributed by atoms with Crippen molar-refractivity contribution in [3.05, 3.63) is 40.4 Å². The molecule has 1 amide bonds. The molecule has 1 aromatic carbocycles. The highest BCUT2D eigenvalue weighted by Gasteiger charge is 2.25. The topological polar surface area (TPSA) is 56.7 Å². The molecular formula is C21H25N3O2S. The number of benzene rings is 1. The Bertz CT molecular complexity index is 959. The van der Waals surface area contributed by atoms with Gasteiger partial charge < -0.3 is 10.0 Å². The number of allylic oxidation sites excluding steroid dienone is 1. The number of carbonyl (C=O) groups is 1. The van der Waals surface area contributed by atoms with Crippen LogP contribution in [0.5, 0.6) is 0 Å². The second-order valence-corrected chi connectivity index (χ2v) is 8.80. The molecule has 3 heterocycles. The van der Waals surface area contributed by atoms with Crippen molar-refractivity contribution in [2.75, 3.05) is 26.7 Å². The Morgan fingerprint density at radius 1 is 1.37 bits per heavy atom. The van der Waals surface area contributed by atoms with Gasteiger partial charge in [-0.2, -0.15) is 0 Å². The molecule has 2 aromatic rings. The van der Waals surface area contributed by atoms with Gasteiger partial charge in [-0.15, -0.1) is 11.3 Å². The lowest BCUT2D eigenvalue weighted by molar-refractivity contribution is 0.159. The Balaban J connectivity index is 1.71. The predicted octanol–water partition coefficient (Wildman–Crippen LogP) is 4.77. The highest BCUT2D eigenvalue weighted by atomic mass is 32.1. The maximum absolute atomic E-state index is 11.7. The SMILES string of the molecule is CC1=C(c2nc3cc(C4=CC[C@H](C)CN4C(=O)O)ccc3s2)CCN(C)C1. The second-order valence-electron chi connectivity index (χ2n) is 7.77. The third kappa shape index (κ3) is 3.51. The molecule has 0 saturated heterocycles. The zero-order chi connectivity index (χ0) is 19.1. The molecule has 5 nitrogen and oxygen atoms in total. The van der Waals surface area contributed by atoms with Crippen molar-refractivity contribution in [1.29, 1.82) is 0 Å². The molecule has 0 unspecified atom stereocenters. The van der Waals surface area contributed by atoms with Crippen molar-refractivity contribution in [2.45, 2.75) is 26.7 Å². The van der Waals surface area contributed by atoms with E-state index in [9.17, 15) is 9.90 Å². The number of thiazole rings is 1. The summed E-state index contributed by atoms with van der Waals surface area (Å²) in [6.45, 7) is 6.88. The molecule has 1 N–H and O–H groups in total. The Morgan fingerprint density at radius 3 is 2.93 bits per heavy atom. The number of rotatable bonds is 2. The van der Waals surface area contributed by atoms with Crippen LogP contribution in [0.25, 0.3) is 21.5 Å². The Hall–Kier alpha value is -2.18. The first-order chi connectivity index (χ1) is 12.9. The minimum atomic E-state index is -0.890. The van der Waals surface area contributed by atoms with Crippen LogP contribution in [0.1, 0.15) is 37.3 Å². The van der Waals surface area contributed by atoms with Crippen LogP contribution in [0.4, 0.5) is 4.79 Å². The monoisotopic (exact) mass is 383 g/mol. The summed E-state index contributed by atoms with van der Waals surface area (Å²) in [5.41, 5.74) is 5.43. The summed E-state index contributed by atoms with van der Waals surface area (Å²) in [7, 11) is 2.15. The average Bonchev–Trinajstić information content (AvgIpc) is 3.04. The molecule has 2 aliphatic rings. The van der Waals surface area contributed by atoms with Gasteiger partial charge in [-0.25, -0.2) is 9.78 Å². The van der Waals surface area contributed by atoms with E-state index in [4.69, 9.17) is 4.98 Å². The number of aromatic nitrogens is 1. The molecule has 1 aromatic heterocycles. The fourth-order valence-corrected chi connectivity index (χ4v) is 5.06. The van der Waals surface area contributed by atoms with Gasteiger partial charge in [-0.05, 0) is 50.4 Å². The van der Waals surface area contributed by atoms with E-state index in [1.165, 1.54) is 16.0 Å². The smallest absolute Gasteiger partial charge is 0.411 e. The molecule has 0 spiro atoms. The number of nitrogens with zero attached hydrogens (tertiary/aromatic N) is 3. The van der Waals surface area contributed by atoms with Gasteiger partial charge in [0, 0.05) is 25.2 Å². The van der Waals surface area contributed by atoms with E-state index in [0.29, 0.717) is 12.5 Å². The Labute approximate surface area is 163 Å². The Kier molecular flexibility index (Phi) is 4.78. The van der Waals surface area contributed by atoms with E-state index >= 15 is 0 Å². The maximum atomic E-state index is 11.7. The largest absolute Gasteiger partial charge is 0.465 e. The molecular weight excluding hydrogens is 358 g/mol. The predicted molar refractivity (Wildman–Crippen MR) is 111 cm³/mol. The van der Waals surface area contributed by atoms with Crippen LogP contribution in [0.2, 0.25) is 0 Å². The van der Waals surface area contributed by atoms with Gasteiger partial charge in [0.25, 0.3) is 0 Å². The van der Waals surface area contributed by atoms with Crippen molar-refractivity contribution in [2.24, 2.45) is 5.92 Å². The van der Waals surface area contributed by atoms with Crippen LogP contribution in [0.3, 0.4) is 0 Å². The van der Waals surface area contributed by atoms with E-state index < -0.39 is 6.09 Å². The molecule has 1 atom stereocenters. The van der Waals surface area contributed by atoms with Crippen molar-refractivity contribution in [3.8, 4) is 0 Å². The van der Waals surface area contributed by atoms with E-state index in [0.717, 1.165) is 52.4 Å². The molecule has 0 aliphatic carbocycles. The molecule has 2 aliphatic heterocycles. The summed E-state index contributed by atoms with van der Waals surface area (Å²) >= 11 is 1.73. The molecule has 0 bridgehead atoms. The first-order valence-corrected chi connectivity index (χ1v) is 10.2. The van der Waals surface area contributed by atoms with Crippen molar-refractivity contribution in [3.63, 3.8) is 0 Å². The lowest BCUT2D eigenvalue weighted by Gasteiger charge is -2.29. The highest BCUT2D eigenvalue weighted by Crippen LogP contribution is 2.35. The molecule has 4 rings (SSSR count). The lowest BCUT2D eigenvalue weighted by atomic mass is 9.98. The summed E-state index contributed by atoms with van der Waals surface area (Å²) in [6, 6.07) is 6.14. The van der Waals surface area contributed by atoms with Crippen LogP contribution >= 0.6 is 11.3 Å². The number of hydrogen-bond acceptors (Lipinski definition) is 4. The third-order valence-electron chi connectivity index (χ3n) is 5.44. The normalized spacial score (nSPS) is 21.7. The molecule has 0 saturated carbocycles. The van der Waals surface area contributed by atoms with Crippen molar-refractivity contribution < 1.29 is 9.90 Å². The van der Waals surface area contributed by atoms with Gasteiger partial charge in [-0.1, -0.05) is 24.6 Å². The van der Waals surface area contributed by atoms with E-state index in [-0.39, 0.29) is 0 Å². The Morgan fingerprint density at radius 2 is 2.19 bits per heavy atom. The second kappa shape index (κ2) is 7.09. The first-order valence-electron chi connectivity index (χ1n) is 9.41. The van der Waals surface area contributed by atoms with Crippen LogP contribution in [0, 0.1) is 5.92 Å². The number of carboxylic acid groups (broad SMARTS) is 1. The third-order valence-corrected chi connectivity index (χ3v) is 6.53. The number of fused-ring (bicyclic) bond motifs is 1. The van der Waals surface area contributed by atoms with Gasteiger partial charge in [0.05, 0.1) is 15.9 Å². The van der Waals surface area contributed by atoms with Crippen LogP contribution in [-0.2, 0) is 0 Å². The van der Waals surface area contributed by atoms with Gasteiger partial charge in [0.15, 0.2) is 0 Å². The number of amides is 1. The number of hydrogen-bond donors (Lipinski definition) is 1. The number of likely N-dealkylation sites (N-methyl/N-ethyl adjacent to an activating group) is 1. The molecule has 0 fully saturated rings. The quantitative estimate of drug-likeness (QED) is 0.812. The summed E-state index contributed by atoms with van der Waals surface area (Å²) in [5.74, 6) is 0.346. The molecule has 0 radical (unpaired) electrons. The van der Waals surface area contributed by atoms with Gasteiger partial charge in [-0.3, -0.25) is 4.90 Å². The molecule has 142 valence electrons.